The Morgan fingerprint density at radius 2 is 1.61 bits per heavy atom. The molecule has 0 atom stereocenters. The number of carbonyl (C=O) groups is 2. The predicted octanol–water partition coefficient (Wildman–Crippen LogP) is 3.40. The first-order valence-corrected chi connectivity index (χ1v) is 7.84. The number of carbonyl (C=O) groups excluding carboxylic acids is 2. The van der Waals surface area contributed by atoms with E-state index < -0.39 is 24.7 Å². The van der Waals surface area contributed by atoms with Gasteiger partial charge >= 0.3 is 12.2 Å². The highest BCUT2D eigenvalue weighted by molar-refractivity contribution is 8.00. The summed E-state index contributed by atoms with van der Waals surface area (Å²) in [5.41, 5.74) is 4.29. The molecule has 0 unspecified atom stereocenters. The third-order valence-corrected chi connectivity index (χ3v) is 4.65. The second-order valence-electron chi connectivity index (χ2n) is 5.22. The van der Waals surface area contributed by atoms with Crippen LogP contribution in [0.2, 0.25) is 0 Å². The van der Waals surface area contributed by atoms with Crippen molar-refractivity contribution < 1.29 is 22.8 Å². The summed E-state index contributed by atoms with van der Waals surface area (Å²) >= 11 is 1.26. The van der Waals surface area contributed by atoms with Gasteiger partial charge in [0.15, 0.2) is 0 Å². The minimum absolute atomic E-state index is 0.0516. The number of imide groups is 1. The molecule has 0 saturated carbocycles. The van der Waals surface area contributed by atoms with Crippen molar-refractivity contribution in [1.82, 2.24) is 10.6 Å². The van der Waals surface area contributed by atoms with E-state index in [0.717, 1.165) is 27.1 Å². The standard InChI is InChI=1S/C15H19F3N2O2S/c1-8-5-9(2)11(4)13(10(8)3)23-6-12(21)20-14(22)19-7-15(16,17)18/h5H,6-7H2,1-4H3,(H2,19,20,21,22). The van der Waals surface area contributed by atoms with Crippen molar-refractivity contribution in [3.63, 3.8) is 0 Å². The number of halogens is 3. The Morgan fingerprint density at radius 3 is 2.09 bits per heavy atom. The lowest BCUT2D eigenvalue weighted by atomic mass is 10.0. The molecule has 0 saturated heterocycles. The second-order valence-corrected chi connectivity index (χ2v) is 6.21. The van der Waals surface area contributed by atoms with Gasteiger partial charge in [0.1, 0.15) is 6.54 Å². The van der Waals surface area contributed by atoms with Crippen LogP contribution < -0.4 is 10.6 Å². The van der Waals surface area contributed by atoms with Gasteiger partial charge in [-0.25, -0.2) is 4.79 Å². The molecular weight excluding hydrogens is 329 g/mol. The van der Waals surface area contributed by atoms with Crippen LogP contribution in [0.25, 0.3) is 0 Å². The summed E-state index contributed by atoms with van der Waals surface area (Å²) in [5.74, 6) is -0.697. The van der Waals surface area contributed by atoms with E-state index in [1.807, 2.05) is 33.0 Å². The maximum absolute atomic E-state index is 12.0. The molecule has 23 heavy (non-hydrogen) atoms. The Labute approximate surface area is 137 Å². The normalized spacial score (nSPS) is 11.3. The van der Waals surface area contributed by atoms with E-state index in [-0.39, 0.29) is 5.75 Å². The van der Waals surface area contributed by atoms with Crippen molar-refractivity contribution >= 4 is 23.7 Å². The number of hydrogen-bond donors (Lipinski definition) is 2. The van der Waals surface area contributed by atoms with Gasteiger partial charge < -0.3 is 5.32 Å². The summed E-state index contributed by atoms with van der Waals surface area (Å²) in [6.45, 7) is 6.34. The molecule has 0 aliphatic heterocycles. The van der Waals surface area contributed by atoms with E-state index in [2.05, 4.69) is 6.07 Å². The van der Waals surface area contributed by atoms with E-state index in [0.29, 0.717) is 0 Å². The molecule has 0 fully saturated rings. The van der Waals surface area contributed by atoms with Crippen LogP contribution in [-0.2, 0) is 4.79 Å². The van der Waals surface area contributed by atoms with E-state index in [1.54, 1.807) is 5.32 Å². The van der Waals surface area contributed by atoms with Gasteiger partial charge in [-0.2, -0.15) is 13.2 Å². The lowest BCUT2D eigenvalue weighted by Gasteiger charge is -2.14. The Balaban J connectivity index is 2.59. The highest BCUT2D eigenvalue weighted by Crippen LogP contribution is 2.30. The van der Waals surface area contributed by atoms with Gasteiger partial charge in [-0.15, -0.1) is 11.8 Å². The van der Waals surface area contributed by atoms with Crippen LogP contribution in [0, 0.1) is 27.7 Å². The van der Waals surface area contributed by atoms with Crippen molar-refractivity contribution in [3.8, 4) is 0 Å². The highest BCUT2D eigenvalue weighted by Gasteiger charge is 2.28. The van der Waals surface area contributed by atoms with Gasteiger partial charge in [-0.05, 0) is 49.9 Å². The smallest absolute Gasteiger partial charge is 0.329 e. The molecule has 0 spiro atoms. The average Bonchev–Trinajstić information content (AvgIpc) is 2.42. The van der Waals surface area contributed by atoms with Crippen molar-refractivity contribution in [2.24, 2.45) is 0 Å². The molecule has 2 N–H and O–H groups in total. The van der Waals surface area contributed by atoms with Crippen LogP contribution in [0.4, 0.5) is 18.0 Å². The summed E-state index contributed by atoms with van der Waals surface area (Å²) in [6.07, 6.45) is -4.51. The van der Waals surface area contributed by atoms with Crippen LogP contribution in [0.5, 0.6) is 0 Å². The summed E-state index contributed by atoms with van der Waals surface area (Å²) in [5, 5.41) is 3.47. The number of hydrogen-bond acceptors (Lipinski definition) is 3. The average molecular weight is 348 g/mol. The van der Waals surface area contributed by atoms with E-state index in [1.165, 1.54) is 11.8 Å². The Hall–Kier alpha value is -1.70. The van der Waals surface area contributed by atoms with Gasteiger partial charge in [0.25, 0.3) is 0 Å². The van der Waals surface area contributed by atoms with Gasteiger partial charge in [0, 0.05) is 4.90 Å². The molecule has 0 bridgehead atoms. The fourth-order valence-corrected chi connectivity index (χ4v) is 3.02. The monoisotopic (exact) mass is 348 g/mol. The number of alkyl halides is 3. The zero-order chi connectivity index (χ0) is 17.8. The molecule has 3 amide bonds. The minimum atomic E-state index is -4.51. The molecule has 128 valence electrons. The van der Waals surface area contributed by atoms with Crippen LogP contribution in [-0.4, -0.2) is 30.4 Å². The Morgan fingerprint density at radius 1 is 1.09 bits per heavy atom. The lowest BCUT2D eigenvalue weighted by molar-refractivity contribution is -0.124. The lowest BCUT2D eigenvalue weighted by Crippen LogP contribution is -2.43. The second kappa shape index (κ2) is 7.72. The number of aryl methyl sites for hydroxylation is 2. The number of amides is 3. The highest BCUT2D eigenvalue weighted by atomic mass is 32.2. The zero-order valence-electron chi connectivity index (χ0n) is 13.4. The Kier molecular flexibility index (Phi) is 6.49. The first-order valence-electron chi connectivity index (χ1n) is 6.86. The maximum Gasteiger partial charge on any atom is 0.405 e. The first kappa shape index (κ1) is 19.3. The van der Waals surface area contributed by atoms with E-state index in [4.69, 9.17) is 0 Å². The largest absolute Gasteiger partial charge is 0.405 e. The van der Waals surface area contributed by atoms with Crippen molar-refractivity contribution in [2.45, 2.75) is 38.8 Å². The molecule has 0 aliphatic carbocycles. The summed E-state index contributed by atoms with van der Waals surface area (Å²) < 4.78 is 35.9. The molecule has 0 aromatic heterocycles. The quantitative estimate of drug-likeness (QED) is 0.820. The topological polar surface area (TPSA) is 58.2 Å². The first-order chi connectivity index (χ1) is 10.5. The molecule has 4 nitrogen and oxygen atoms in total. The molecule has 0 radical (unpaired) electrons. The number of nitrogens with one attached hydrogen (secondary N) is 2. The molecule has 8 heteroatoms. The molecule has 1 aromatic carbocycles. The van der Waals surface area contributed by atoms with Gasteiger partial charge in [-0.1, -0.05) is 6.07 Å². The maximum atomic E-state index is 12.0. The number of urea groups is 1. The molecule has 0 aliphatic rings. The Bertz CT molecular complexity index is 589. The van der Waals surface area contributed by atoms with Gasteiger partial charge in [-0.3, -0.25) is 10.1 Å². The van der Waals surface area contributed by atoms with E-state index in [9.17, 15) is 22.8 Å². The van der Waals surface area contributed by atoms with Crippen molar-refractivity contribution in [3.05, 3.63) is 28.3 Å². The summed E-state index contributed by atoms with van der Waals surface area (Å²) in [4.78, 5) is 23.8. The number of benzene rings is 1. The van der Waals surface area contributed by atoms with Crippen LogP contribution in [0.3, 0.4) is 0 Å². The number of thioether (sulfide) groups is 1. The summed E-state index contributed by atoms with van der Waals surface area (Å²) in [6, 6.07) is 0.904. The van der Waals surface area contributed by atoms with Crippen LogP contribution >= 0.6 is 11.8 Å². The molecule has 1 aromatic rings. The fourth-order valence-electron chi connectivity index (χ4n) is 1.92. The van der Waals surface area contributed by atoms with Gasteiger partial charge in [0.05, 0.1) is 5.75 Å². The zero-order valence-corrected chi connectivity index (χ0v) is 14.2. The fraction of sp³-hybridized carbons (Fsp3) is 0.467. The van der Waals surface area contributed by atoms with Gasteiger partial charge in [0.2, 0.25) is 5.91 Å². The van der Waals surface area contributed by atoms with Crippen molar-refractivity contribution in [2.75, 3.05) is 12.3 Å². The molecule has 0 heterocycles. The third kappa shape index (κ3) is 6.13. The molecule has 1 rings (SSSR count). The van der Waals surface area contributed by atoms with Crippen LogP contribution in [0.15, 0.2) is 11.0 Å². The summed E-state index contributed by atoms with van der Waals surface area (Å²) in [7, 11) is 0. The third-order valence-electron chi connectivity index (χ3n) is 3.35. The predicted molar refractivity (Wildman–Crippen MR) is 83.7 cm³/mol. The van der Waals surface area contributed by atoms with E-state index >= 15 is 0 Å². The SMILES string of the molecule is Cc1cc(C)c(C)c(SCC(=O)NC(=O)NCC(F)(F)F)c1C. The molecular formula is C15H19F3N2O2S. The minimum Gasteiger partial charge on any atom is -0.329 e. The van der Waals surface area contributed by atoms with Crippen LogP contribution in [0.1, 0.15) is 22.3 Å². The number of rotatable bonds is 4. The van der Waals surface area contributed by atoms with Crippen molar-refractivity contribution in [1.29, 1.82) is 0 Å².